The van der Waals surface area contributed by atoms with Crippen LogP contribution in [0.15, 0.2) is 24.4 Å². The highest BCUT2D eigenvalue weighted by molar-refractivity contribution is 5.85. The van der Waals surface area contributed by atoms with Crippen LogP contribution in [-0.2, 0) is 4.79 Å². The molecule has 0 unspecified atom stereocenters. The molecular formula is C18H24N2O2. The molecule has 0 atom stereocenters. The van der Waals surface area contributed by atoms with Crippen molar-refractivity contribution in [2.24, 2.45) is 5.92 Å². The number of ether oxygens (including phenoxy) is 1. The summed E-state index contributed by atoms with van der Waals surface area (Å²) in [5.41, 5.74) is 2.50. The maximum Gasteiger partial charge on any atom is 0.225 e. The van der Waals surface area contributed by atoms with Crippen LogP contribution >= 0.6 is 0 Å². The smallest absolute Gasteiger partial charge is 0.225 e. The first-order valence-corrected chi connectivity index (χ1v) is 8.04. The fraction of sp³-hybridized carbons (Fsp3) is 0.500. The maximum absolute atomic E-state index is 12.1. The molecule has 1 saturated heterocycles. The molecule has 4 heteroatoms. The first-order valence-electron chi connectivity index (χ1n) is 8.04. The maximum atomic E-state index is 12.1. The van der Waals surface area contributed by atoms with Gasteiger partial charge in [0.25, 0.3) is 0 Å². The second-order valence-electron chi connectivity index (χ2n) is 6.41. The van der Waals surface area contributed by atoms with Crippen molar-refractivity contribution in [3.8, 4) is 5.75 Å². The Morgan fingerprint density at radius 2 is 2.05 bits per heavy atom. The number of hydrogen-bond donors (Lipinski definition) is 1. The van der Waals surface area contributed by atoms with Gasteiger partial charge < -0.3 is 14.6 Å². The summed E-state index contributed by atoms with van der Waals surface area (Å²) in [6, 6.07) is 6.15. The number of methoxy groups -OCH3 is 1. The van der Waals surface area contributed by atoms with E-state index in [0.29, 0.717) is 5.92 Å². The second kappa shape index (κ2) is 6.03. The number of hydrogen-bond acceptors (Lipinski definition) is 2. The lowest BCUT2D eigenvalue weighted by atomic mass is 9.89. The summed E-state index contributed by atoms with van der Waals surface area (Å²) in [7, 11) is 1.70. The molecule has 1 amide bonds. The van der Waals surface area contributed by atoms with Gasteiger partial charge in [-0.25, -0.2) is 0 Å². The van der Waals surface area contributed by atoms with Crippen LogP contribution in [0, 0.1) is 5.92 Å². The predicted octanol–water partition coefficient (Wildman–Crippen LogP) is 3.54. The van der Waals surface area contributed by atoms with Crippen LogP contribution in [0.4, 0.5) is 0 Å². The molecule has 0 spiro atoms. The van der Waals surface area contributed by atoms with E-state index in [0.717, 1.165) is 37.2 Å². The molecule has 1 aromatic carbocycles. The number of likely N-dealkylation sites (tertiary alicyclic amines) is 1. The Kier molecular flexibility index (Phi) is 4.10. The van der Waals surface area contributed by atoms with Crippen molar-refractivity contribution in [2.75, 3.05) is 20.2 Å². The number of H-pyrrole nitrogens is 1. The Morgan fingerprint density at radius 1 is 1.32 bits per heavy atom. The lowest BCUT2D eigenvalue weighted by Crippen LogP contribution is -2.40. The minimum absolute atomic E-state index is 0.0916. The summed E-state index contributed by atoms with van der Waals surface area (Å²) >= 11 is 0. The number of aromatic nitrogens is 1. The Balaban J connectivity index is 1.78. The number of aromatic amines is 1. The molecule has 118 valence electrons. The van der Waals surface area contributed by atoms with Crippen LogP contribution in [0.2, 0.25) is 0 Å². The second-order valence-corrected chi connectivity index (χ2v) is 6.41. The zero-order chi connectivity index (χ0) is 15.7. The highest BCUT2D eigenvalue weighted by Gasteiger charge is 2.26. The third-order valence-corrected chi connectivity index (χ3v) is 4.66. The molecule has 2 aromatic rings. The van der Waals surface area contributed by atoms with E-state index in [1.165, 1.54) is 10.9 Å². The van der Waals surface area contributed by atoms with E-state index < -0.39 is 0 Å². The van der Waals surface area contributed by atoms with Gasteiger partial charge in [-0.1, -0.05) is 13.8 Å². The van der Waals surface area contributed by atoms with E-state index in [9.17, 15) is 4.79 Å². The summed E-state index contributed by atoms with van der Waals surface area (Å²) in [5.74, 6) is 1.77. The summed E-state index contributed by atoms with van der Waals surface area (Å²) < 4.78 is 5.34. The van der Waals surface area contributed by atoms with Crippen LogP contribution in [0.3, 0.4) is 0 Å². The van der Waals surface area contributed by atoms with Crippen molar-refractivity contribution in [3.63, 3.8) is 0 Å². The molecule has 4 nitrogen and oxygen atoms in total. The van der Waals surface area contributed by atoms with Crippen molar-refractivity contribution in [3.05, 3.63) is 30.0 Å². The summed E-state index contributed by atoms with van der Waals surface area (Å²) in [4.78, 5) is 17.5. The van der Waals surface area contributed by atoms with Crippen molar-refractivity contribution in [1.82, 2.24) is 9.88 Å². The van der Waals surface area contributed by atoms with E-state index in [-0.39, 0.29) is 11.8 Å². The Morgan fingerprint density at radius 3 is 2.68 bits per heavy atom. The molecule has 1 aromatic heterocycles. The number of amides is 1. The first-order chi connectivity index (χ1) is 10.6. The quantitative estimate of drug-likeness (QED) is 0.942. The number of fused-ring (bicyclic) bond motifs is 1. The summed E-state index contributed by atoms with van der Waals surface area (Å²) in [6.07, 6.45) is 4.18. The van der Waals surface area contributed by atoms with Gasteiger partial charge >= 0.3 is 0 Å². The van der Waals surface area contributed by atoms with Gasteiger partial charge in [0, 0.05) is 36.1 Å². The largest absolute Gasteiger partial charge is 0.497 e. The van der Waals surface area contributed by atoms with Crippen molar-refractivity contribution in [2.45, 2.75) is 32.6 Å². The first kappa shape index (κ1) is 14.9. The van der Waals surface area contributed by atoms with Gasteiger partial charge in [-0.2, -0.15) is 0 Å². The Labute approximate surface area is 131 Å². The van der Waals surface area contributed by atoms with Gasteiger partial charge in [0.1, 0.15) is 5.75 Å². The van der Waals surface area contributed by atoms with E-state index in [1.807, 2.05) is 24.8 Å². The average molecular weight is 300 g/mol. The topological polar surface area (TPSA) is 45.3 Å². The molecule has 0 aliphatic carbocycles. The minimum Gasteiger partial charge on any atom is -0.497 e. The van der Waals surface area contributed by atoms with Gasteiger partial charge in [-0.3, -0.25) is 4.79 Å². The predicted molar refractivity (Wildman–Crippen MR) is 88.2 cm³/mol. The zero-order valence-electron chi connectivity index (χ0n) is 13.6. The molecular weight excluding hydrogens is 276 g/mol. The van der Waals surface area contributed by atoms with Crippen molar-refractivity contribution in [1.29, 1.82) is 0 Å². The number of rotatable bonds is 3. The molecule has 0 saturated carbocycles. The molecule has 0 radical (unpaired) electrons. The lowest BCUT2D eigenvalue weighted by Gasteiger charge is -2.33. The average Bonchev–Trinajstić information content (AvgIpc) is 2.97. The van der Waals surface area contributed by atoms with Crippen LogP contribution in [0.1, 0.15) is 38.2 Å². The number of carbonyl (C=O) groups excluding carboxylic acids is 1. The summed E-state index contributed by atoms with van der Waals surface area (Å²) in [6.45, 7) is 5.66. The van der Waals surface area contributed by atoms with Crippen molar-refractivity contribution >= 4 is 16.8 Å². The minimum atomic E-state index is 0.0916. The fourth-order valence-electron chi connectivity index (χ4n) is 3.36. The number of piperidine rings is 1. The third kappa shape index (κ3) is 2.70. The molecule has 1 fully saturated rings. The molecule has 0 bridgehead atoms. The fourth-order valence-corrected chi connectivity index (χ4v) is 3.36. The van der Waals surface area contributed by atoms with Crippen LogP contribution < -0.4 is 4.74 Å². The number of nitrogens with zero attached hydrogens (tertiary/aromatic N) is 1. The lowest BCUT2D eigenvalue weighted by molar-refractivity contribution is -0.135. The highest BCUT2D eigenvalue weighted by Crippen LogP contribution is 2.34. The molecule has 1 N–H and O–H groups in total. The number of carbonyl (C=O) groups is 1. The van der Waals surface area contributed by atoms with Crippen LogP contribution in [-0.4, -0.2) is 36.0 Å². The monoisotopic (exact) mass is 300 g/mol. The van der Waals surface area contributed by atoms with E-state index in [1.54, 1.807) is 7.11 Å². The highest BCUT2D eigenvalue weighted by atomic mass is 16.5. The standard InChI is InChI=1S/C18H24N2O2/c1-12(2)18(21)20-8-6-13(7-9-20)16-11-19-17-5-4-14(22-3)10-15(16)17/h4-5,10-13,19H,6-9H2,1-3H3. The van der Waals surface area contributed by atoms with E-state index in [2.05, 4.69) is 23.3 Å². The van der Waals surface area contributed by atoms with E-state index in [4.69, 9.17) is 4.74 Å². The third-order valence-electron chi connectivity index (χ3n) is 4.66. The normalized spacial score (nSPS) is 16.5. The van der Waals surface area contributed by atoms with Gasteiger partial charge in [-0.05, 0) is 42.5 Å². The van der Waals surface area contributed by atoms with Gasteiger partial charge in [0.15, 0.2) is 0 Å². The van der Waals surface area contributed by atoms with Gasteiger partial charge in [0.2, 0.25) is 5.91 Å². The number of nitrogens with one attached hydrogen (secondary N) is 1. The zero-order valence-corrected chi connectivity index (χ0v) is 13.6. The van der Waals surface area contributed by atoms with Crippen LogP contribution in [0.5, 0.6) is 5.75 Å². The Bertz CT molecular complexity index is 667. The van der Waals surface area contributed by atoms with Gasteiger partial charge in [-0.15, -0.1) is 0 Å². The number of benzene rings is 1. The van der Waals surface area contributed by atoms with E-state index >= 15 is 0 Å². The van der Waals surface area contributed by atoms with Crippen LogP contribution in [0.25, 0.3) is 10.9 Å². The molecule has 1 aliphatic heterocycles. The Hall–Kier alpha value is -1.97. The SMILES string of the molecule is COc1ccc2[nH]cc(C3CCN(C(=O)C(C)C)CC3)c2c1. The summed E-state index contributed by atoms with van der Waals surface area (Å²) in [5, 5.41) is 1.24. The van der Waals surface area contributed by atoms with Crippen molar-refractivity contribution < 1.29 is 9.53 Å². The molecule has 3 rings (SSSR count). The molecule has 22 heavy (non-hydrogen) atoms. The van der Waals surface area contributed by atoms with Gasteiger partial charge in [0.05, 0.1) is 7.11 Å². The molecule has 1 aliphatic rings. The molecule has 2 heterocycles.